The third kappa shape index (κ3) is 2.19. The topological polar surface area (TPSA) is 83.0 Å². The van der Waals surface area contributed by atoms with Crippen LogP contribution in [0.1, 0.15) is 21.6 Å². The molecular weight excluding hydrogens is 292 g/mol. The number of amides is 1. The number of carbonyl (C=O) groups excluding carboxylic acids is 1. The molecule has 0 aliphatic carbocycles. The van der Waals surface area contributed by atoms with E-state index in [1.54, 1.807) is 6.20 Å². The molecule has 2 aromatic heterocycles. The first kappa shape index (κ1) is 13.9. The molecule has 0 fully saturated rings. The summed E-state index contributed by atoms with van der Waals surface area (Å²) in [7, 11) is 1.91. The van der Waals surface area contributed by atoms with Crippen LogP contribution in [0.5, 0.6) is 0 Å². The fourth-order valence-corrected chi connectivity index (χ4v) is 3.02. The zero-order chi connectivity index (χ0) is 16.0. The van der Waals surface area contributed by atoms with Gasteiger partial charge in [-0.25, -0.2) is 0 Å². The molecule has 4 rings (SSSR count). The van der Waals surface area contributed by atoms with Crippen molar-refractivity contribution in [3.63, 3.8) is 0 Å². The van der Waals surface area contributed by atoms with Crippen LogP contribution in [0.3, 0.4) is 0 Å². The molecule has 3 aromatic rings. The third-order valence-electron chi connectivity index (χ3n) is 4.17. The summed E-state index contributed by atoms with van der Waals surface area (Å²) in [4.78, 5) is 15.9. The molecule has 1 aromatic carbocycles. The third-order valence-corrected chi connectivity index (χ3v) is 4.17. The maximum absolute atomic E-state index is 11.6. The molecule has 0 unspecified atom stereocenters. The van der Waals surface area contributed by atoms with Gasteiger partial charge in [0.05, 0.1) is 24.9 Å². The van der Waals surface area contributed by atoms with E-state index in [1.165, 1.54) is 0 Å². The number of hydrogen-bond acceptors (Lipinski definition) is 4. The van der Waals surface area contributed by atoms with Gasteiger partial charge in [-0.1, -0.05) is 6.07 Å². The number of nitrogens with two attached hydrogens (primary N) is 1. The summed E-state index contributed by atoms with van der Waals surface area (Å²) in [5.74, 6) is -0.520. The van der Waals surface area contributed by atoms with Gasteiger partial charge in [0.25, 0.3) is 5.91 Å². The van der Waals surface area contributed by atoms with Crippen molar-refractivity contribution < 1.29 is 9.53 Å². The average Bonchev–Trinajstić information content (AvgIpc) is 2.94. The first-order chi connectivity index (χ1) is 11.1. The Morgan fingerprint density at radius 2 is 2.22 bits per heavy atom. The van der Waals surface area contributed by atoms with Crippen molar-refractivity contribution in [2.45, 2.75) is 6.61 Å². The summed E-state index contributed by atoms with van der Waals surface area (Å²) >= 11 is 0. The Hall–Kier alpha value is -2.73. The molecule has 0 bridgehead atoms. The van der Waals surface area contributed by atoms with Crippen molar-refractivity contribution in [3.8, 4) is 11.1 Å². The fourth-order valence-electron chi connectivity index (χ4n) is 3.02. The second-order valence-electron chi connectivity index (χ2n) is 5.54. The van der Waals surface area contributed by atoms with E-state index in [2.05, 4.69) is 16.1 Å². The number of pyridine rings is 1. The van der Waals surface area contributed by atoms with Crippen molar-refractivity contribution in [1.29, 1.82) is 0 Å². The number of hydrogen-bond donors (Lipinski definition) is 1. The highest BCUT2D eigenvalue weighted by Gasteiger charge is 2.22. The molecule has 23 heavy (non-hydrogen) atoms. The van der Waals surface area contributed by atoms with Crippen molar-refractivity contribution in [2.24, 2.45) is 12.8 Å². The molecular formula is C17H15N4O2. The fraction of sp³-hybridized carbons (Fsp3) is 0.176. The monoisotopic (exact) mass is 307 g/mol. The van der Waals surface area contributed by atoms with E-state index in [1.807, 2.05) is 36.5 Å². The minimum absolute atomic E-state index is 0.300. The van der Waals surface area contributed by atoms with Crippen LogP contribution in [0.15, 0.2) is 30.6 Å². The largest absolute Gasteiger partial charge is 0.376 e. The Morgan fingerprint density at radius 3 is 3.04 bits per heavy atom. The summed E-state index contributed by atoms with van der Waals surface area (Å²) in [6, 6.07) is 6.12. The van der Waals surface area contributed by atoms with Gasteiger partial charge in [0, 0.05) is 30.6 Å². The lowest BCUT2D eigenvalue weighted by Gasteiger charge is -2.21. The first-order valence-electron chi connectivity index (χ1n) is 7.30. The molecule has 6 nitrogen and oxygen atoms in total. The number of benzene rings is 1. The van der Waals surface area contributed by atoms with Crippen LogP contribution in [-0.4, -0.2) is 27.3 Å². The number of rotatable bonds is 2. The predicted octanol–water partition coefficient (Wildman–Crippen LogP) is 1.82. The van der Waals surface area contributed by atoms with E-state index in [4.69, 9.17) is 10.5 Å². The second kappa shape index (κ2) is 5.17. The zero-order valence-corrected chi connectivity index (χ0v) is 12.6. The maximum Gasteiger partial charge on any atom is 0.267 e. The summed E-state index contributed by atoms with van der Waals surface area (Å²) in [6.45, 7) is 0.898. The molecule has 2 N–H and O–H groups in total. The van der Waals surface area contributed by atoms with Crippen molar-refractivity contribution in [1.82, 2.24) is 14.8 Å². The van der Waals surface area contributed by atoms with Gasteiger partial charge in [0.2, 0.25) is 0 Å². The van der Waals surface area contributed by atoms with Gasteiger partial charge in [-0.15, -0.1) is 0 Å². The van der Waals surface area contributed by atoms with Crippen molar-refractivity contribution in [2.75, 3.05) is 6.61 Å². The number of ether oxygens (including phenoxy) is 1. The number of fused-ring (bicyclic) bond motifs is 2. The summed E-state index contributed by atoms with van der Waals surface area (Å²) in [5.41, 5.74) is 10.5. The Bertz CT molecular complexity index is 930. The number of carbonyl (C=O) groups is 1. The minimum atomic E-state index is -0.520. The molecule has 6 heteroatoms. The zero-order valence-electron chi connectivity index (χ0n) is 12.6. The Labute approximate surface area is 132 Å². The van der Waals surface area contributed by atoms with Gasteiger partial charge in [-0.2, -0.15) is 5.10 Å². The smallest absolute Gasteiger partial charge is 0.267 e. The minimum Gasteiger partial charge on any atom is -0.376 e. The van der Waals surface area contributed by atoms with Gasteiger partial charge in [0.15, 0.2) is 0 Å². The van der Waals surface area contributed by atoms with E-state index in [-0.39, 0.29) is 0 Å². The Morgan fingerprint density at radius 1 is 1.35 bits per heavy atom. The van der Waals surface area contributed by atoms with Gasteiger partial charge in [-0.05, 0) is 28.8 Å². The van der Waals surface area contributed by atoms with Gasteiger partial charge >= 0.3 is 0 Å². The van der Waals surface area contributed by atoms with Crippen LogP contribution >= 0.6 is 0 Å². The lowest BCUT2D eigenvalue weighted by atomic mass is 9.93. The summed E-state index contributed by atoms with van der Waals surface area (Å²) in [5, 5.41) is 5.32. The highest BCUT2D eigenvalue weighted by Crippen LogP contribution is 2.32. The van der Waals surface area contributed by atoms with Crippen molar-refractivity contribution >= 4 is 16.8 Å². The molecule has 0 saturated heterocycles. The standard InChI is InChI=1S/C17H15N4O2/c1-21-15-3-2-10(6-11(15)7-20-21)13-8-19-16(17(18)22)12-4-5-23-9-14(12)13/h2-4,6-8H,5,9H2,1H3,(H2,18,22). The highest BCUT2D eigenvalue weighted by molar-refractivity contribution is 5.94. The Balaban J connectivity index is 1.92. The van der Waals surface area contributed by atoms with Crippen LogP contribution in [0.4, 0.5) is 0 Å². The molecule has 1 aliphatic heterocycles. The number of aromatic nitrogens is 3. The molecule has 0 atom stereocenters. The van der Waals surface area contributed by atoms with Gasteiger partial charge in [0.1, 0.15) is 5.69 Å². The van der Waals surface area contributed by atoms with Crippen LogP contribution in [0.2, 0.25) is 0 Å². The molecule has 0 saturated carbocycles. The SMILES string of the molecule is Cn1ncc2cc(-c3cnc(C(N)=O)c4c3COC[CH]4)ccc21. The van der Waals surface area contributed by atoms with E-state index in [0.29, 0.717) is 18.9 Å². The highest BCUT2D eigenvalue weighted by atomic mass is 16.5. The van der Waals surface area contributed by atoms with Crippen LogP contribution in [0.25, 0.3) is 22.0 Å². The first-order valence-corrected chi connectivity index (χ1v) is 7.30. The molecule has 3 heterocycles. The van der Waals surface area contributed by atoms with Crippen LogP contribution in [-0.2, 0) is 18.4 Å². The van der Waals surface area contributed by atoms with E-state index in [0.717, 1.165) is 33.2 Å². The maximum atomic E-state index is 11.6. The summed E-state index contributed by atoms with van der Waals surface area (Å²) in [6.07, 6.45) is 5.39. The van der Waals surface area contributed by atoms with Crippen LogP contribution < -0.4 is 5.73 Å². The predicted molar refractivity (Wildman–Crippen MR) is 85.5 cm³/mol. The molecule has 1 aliphatic rings. The number of nitrogens with zero attached hydrogens (tertiary/aromatic N) is 3. The number of aryl methyl sites for hydroxylation is 1. The molecule has 0 spiro atoms. The second-order valence-corrected chi connectivity index (χ2v) is 5.54. The average molecular weight is 307 g/mol. The van der Waals surface area contributed by atoms with Gasteiger partial charge < -0.3 is 10.5 Å². The lowest BCUT2D eigenvalue weighted by molar-refractivity contribution is 0.0991. The summed E-state index contributed by atoms with van der Waals surface area (Å²) < 4.78 is 7.37. The molecule has 115 valence electrons. The van der Waals surface area contributed by atoms with Crippen molar-refractivity contribution in [3.05, 3.63) is 53.8 Å². The van der Waals surface area contributed by atoms with Gasteiger partial charge in [-0.3, -0.25) is 14.5 Å². The Kier molecular flexibility index (Phi) is 3.12. The van der Waals surface area contributed by atoms with E-state index < -0.39 is 5.91 Å². The molecule has 1 radical (unpaired) electrons. The van der Waals surface area contributed by atoms with E-state index >= 15 is 0 Å². The number of primary amides is 1. The van der Waals surface area contributed by atoms with Crippen LogP contribution in [0, 0.1) is 6.42 Å². The lowest BCUT2D eigenvalue weighted by Crippen LogP contribution is -2.21. The normalized spacial score (nSPS) is 14.0. The van der Waals surface area contributed by atoms with E-state index in [9.17, 15) is 4.79 Å². The quantitative estimate of drug-likeness (QED) is 0.783. The molecule has 1 amide bonds.